The maximum atomic E-state index is 12.8. The first-order valence-corrected chi connectivity index (χ1v) is 11.3. The van der Waals surface area contributed by atoms with Gasteiger partial charge in [-0.1, -0.05) is 26.2 Å². The van der Waals surface area contributed by atoms with Crippen molar-refractivity contribution in [2.45, 2.75) is 70.9 Å². The Labute approximate surface area is 181 Å². The van der Waals surface area contributed by atoms with Crippen LogP contribution in [0.2, 0.25) is 0 Å². The highest BCUT2D eigenvalue weighted by atomic mass is 32.1. The fourth-order valence-corrected chi connectivity index (χ4v) is 4.68. The zero-order valence-electron chi connectivity index (χ0n) is 17.4. The quantitative estimate of drug-likeness (QED) is 0.505. The zero-order chi connectivity index (χ0) is 21.1. The number of fused-ring (bicyclic) bond motifs is 2. The van der Waals surface area contributed by atoms with Crippen LogP contribution in [0.15, 0.2) is 23.0 Å². The average molecular weight is 428 g/mol. The fraction of sp³-hybridized carbons (Fsp3) is 0.545. The number of hydrazine groups is 1. The van der Waals surface area contributed by atoms with Gasteiger partial charge in [0.2, 0.25) is 0 Å². The Kier molecular flexibility index (Phi) is 6.32. The molecule has 1 aromatic carbocycles. The van der Waals surface area contributed by atoms with Gasteiger partial charge in [0, 0.05) is 24.6 Å². The van der Waals surface area contributed by atoms with E-state index in [1.807, 2.05) is 0 Å². The number of aromatic nitrogens is 2. The summed E-state index contributed by atoms with van der Waals surface area (Å²) in [6.45, 7) is 2.94. The molecule has 2 atom stereocenters. The van der Waals surface area contributed by atoms with Crippen LogP contribution < -0.4 is 21.7 Å². The lowest BCUT2D eigenvalue weighted by Crippen LogP contribution is -2.51. The third-order valence-corrected chi connectivity index (χ3v) is 6.52. The fourth-order valence-electron chi connectivity index (χ4n) is 4.48. The Morgan fingerprint density at radius 1 is 1.13 bits per heavy atom. The molecule has 2 heterocycles. The summed E-state index contributed by atoms with van der Waals surface area (Å²) < 4.78 is 1.78. The molecule has 1 fully saturated rings. The third kappa shape index (κ3) is 4.48. The molecule has 1 aliphatic heterocycles. The molecule has 1 aliphatic carbocycles. The van der Waals surface area contributed by atoms with Gasteiger partial charge >= 0.3 is 0 Å². The SMILES string of the molecule is CC1CCCCC1NC(=S)NNC(=O)c1ccc2c(=O)n3c(nc2c1)CCCCC3. The second-order valence-corrected chi connectivity index (χ2v) is 8.86. The van der Waals surface area contributed by atoms with Crippen LogP contribution >= 0.6 is 12.2 Å². The highest BCUT2D eigenvalue weighted by Crippen LogP contribution is 2.23. The first kappa shape index (κ1) is 20.8. The van der Waals surface area contributed by atoms with Gasteiger partial charge in [0.05, 0.1) is 10.9 Å². The Bertz CT molecular complexity index is 1020. The van der Waals surface area contributed by atoms with E-state index in [2.05, 4.69) is 28.1 Å². The number of rotatable bonds is 2. The van der Waals surface area contributed by atoms with Crippen LogP contribution in [0, 0.1) is 5.92 Å². The third-order valence-electron chi connectivity index (χ3n) is 6.30. The number of carbonyl (C=O) groups is 1. The van der Waals surface area contributed by atoms with E-state index < -0.39 is 0 Å². The molecule has 1 amide bonds. The van der Waals surface area contributed by atoms with Gasteiger partial charge in [-0.25, -0.2) is 4.98 Å². The van der Waals surface area contributed by atoms with E-state index in [-0.39, 0.29) is 11.5 Å². The highest BCUT2D eigenvalue weighted by Gasteiger charge is 2.22. The van der Waals surface area contributed by atoms with E-state index in [0.717, 1.165) is 37.9 Å². The standard InChI is InChI=1S/C22H29N5O2S/c1-14-7-4-5-8-17(14)24-22(30)26-25-20(28)15-10-11-16-18(13-15)23-19-9-3-2-6-12-27(19)21(16)29/h10-11,13-14,17H,2-9,12H2,1H3,(H,25,28)(H2,24,26,30). The molecule has 30 heavy (non-hydrogen) atoms. The molecule has 1 aromatic heterocycles. The molecule has 0 radical (unpaired) electrons. The van der Waals surface area contributed by atoms with Crippen LogP contribution in [0.3, 0.4) is 0 Å². The molecule has 1 saturated carbocycles. The first-order chi connectivity index (χ1) is 14.5. The van der Waals surface area contributed by atoms with E-state index >= 15 is 0 Å². The Morgan fingerprint density at radius 3 is 2.80 bits per heavy atom. The van der Waals surface area contributed by atoms with E-state index in [1.165, 1.54) is 19.3 Å². The van der Waals surface area contributed by atoms with Crippen LogP contribution in [-0.2, 0) is 13.0 Å². The normalized spacial score (nSPS) is 21.4. The molecule has 7 nitrogen and oxygen atoms in total. The summed E-state index contributed by atoms with van der Waals surface area (Å²) in [5.41, 5.74) is 6.44. The molecule has 0 bridgehead atoms. The van der Waals surface area contributed by atoms with E-state index in [9.17, 15) is 9.59 Å². The van der Waals surface area contributed by atoms with Gasteiger partial charge in [-0.05, 0) is 62.0 Å². The Balaban J connectivity index is 1.44. The van der Waals surface area contributed by atoms with Crippen molar-refractivity contribution in [1.82, 2.24) is 25.7 Å². The minimum absolute atomic E-state index is 0.0195. The number of nitrogens with one attached hydrogen (secondary N) is 3. The minimum atomic E-state index is -0.311. The van der Waals surface area contributed by atoms with E-state index in [4.69, 9.17) is 12.2 Å². The number of aryl methyl sites for hydroxylation is 1. The molecule has 3 N–H and O–H groups in total. The maximum Gasteiger partial charge on any atom is 0.269 e. The predicted octanol–water partition coefficient (Wildman–Crippen LogP) is 2.81. The van der Waals surface area contributed by atoms with Crippen molar-refractivity contribution in [2.24, 2.45) is 5.92 Å². The van der Waals surface area contributed by atoms with Crippen LogP contribution in [0.5, 0.6) is 0 Å². The van der Waals surface area contributed by atoms with Crippen LogP contribution in [0.4, 0.5) is 0 Å². The zero-order valence-corrected chi connectivity index (χ0v) is 18.2. The van der Waals surface area contributed by atoms with Crippen molar-refractivity contribution < 1.29 is 4.79 Å². The molecular formula is C22H29N5O2S. The molecular weight excluding hydrogens is 398 g/mol. The van der Waals surface area contributed by atoms with Gasteiger partial charge in [-0.3, -0.25) is 25.0 Å². The van der Waals surface area contributed by atoms with Crippen LogP contribution in [0.25, 0.3) is 10.9 Å². The minimum Gasteiger partial charge on any atom is -0.358 e. The number of thiocarbonyl (C=S) groups is 1. The molecule has 2 aromatic rings. The summed E-state index contributed by atoms with van der Waals surface area (Å²) >= 11 is 5.34. The van der Waals surface area contributed by atoms with Crippen molar-refractivity contribution in [3.05, 3.63) is 39.9 Å². The van der Waals surface area contributed by atoms with Gasteiger partial charge < -0.3 is 5.32 Å². The number of benzene rings is 1. The molecule has 8 heteroatoms. The summed E-state index contributed by atoms with van der Waals surface area (Å²) in [6.07, 6.45) is 8.68. The maximum absolute atomic E-state index is 12.8. The number of hydrogen-bond donors (Lipinski definition) is 3. The number of nitrogens with zero attached hydrogens (tertiary/aromatic N) is 2. The molecule has 0 spiro atoms. The van der Waals surface area contributed by atoms with E-state index in [1.54, 1.807) is 22.8 Å². The van der Waals surface area contributed by atoms with Gasteiger partial charge in [0.15, 0.2) is 5.11 Å². The highest BCUT2D eigenvalue weighted by molar-refractivity contribution is 7.80. The molecule has 160 valence electrons. The van der Waals surface area contributed by atoms with Gasteiger partial charge in [0.25, 0.3) is 11.5 Å². The first-order valence-electron chi connectivity index (χ1n) is 10.9. The molecule has 4 rings (SSSR count). The summed E-state index contributed by atoms with van der Waals surface area (Å²) in [7, 11) is 0. The van der Waals surface area contributed by atoms with Crippen molar-refractivity contribution in [1.29, 1.82) is 0 Å². The van der Waals surface area contributed by atoms with Crippen LogP contribution in [0.1, 0.15) is 68.1 Å². The summed E-state index contributed by atoms with van der Waals surface area (Å²) in [5.74, 6) is 1.07. The van der Waals surface area contributed by atoms with Gasteiger partial charge in [-0.15, -0.1) is 0 Å². The van der Waals surface area contributed by atoms with Crippen molar-refractivity contribution in [3.63, 3.8) is 0 Å². The number of carbonyl (C=O) groups excluding carboxylic acids is 1. The summed E-state index contributed by atoms with van der Waals surface area (Å²) in [6, 6.07) is 5.37. The molecule has 0 saturated heterocycles. The average Bonchev–Trinajstić information content (AvgIpc) is 2.99. The molecule has 2 aliphatic rings. The second kappa shape index (κ2) is 9.12. The topological polar surface area (TPSA) is 88.0 Å². The Hall–Kier alpha value is -2.48. The van der Waals surface area contributed by atoms with Crippen LogP contribution in [-0.4, -0.2) is 26.6 Å². The summed E-state index contributed by atoms with van der Waals surface area (Å²) in [4.78, 5) is 30.1. The number of amides is 1. The number of hydrogen-bond acceptors (Lipinski definition) is 4. The lowest BCUT2D eigenvalue weighted by Gasteiger charge is -2.30. The second-order valence-electron chi connectivity index (χ2n) is 8.45. The van der Waals surface area contributed by atoms with Crippen molar-refractivity contribution in [2.75, 3.05) is 0 Å². The van der Waals surface area contributed by atoms with Crippen molar-refractivity contribution >= 4 is 34.1 Å². The van der Waals surface area contributed by atoms with Gasteiger partial charge in [-0.2, -0.15) is 0 Å². The van der Waals surface area contributed by atoms with Gasteiger partial charge in [0.1, 0.15) is 5.82 Å². The Morgan fingerprint density at radius 2 is 1.97 bits per heavy atom. The predicted molar refractivity (Wildman–Crippen MR) is 121 cm³/mol. The van der Waals surface area contributed by atoms with Crippen molar-refractivity contribution in [3.8, 4) is 0 Å². The largest absolute Gasteiger partial charge is 0.358 e. The smallest absolute Gasteiger partial charge is 0.269 e. The monoisotopic (exact) mass is 427 g/mol. The summed E-state index contributed by atoms with van der Waals surface area (Å²) in [5, 5.41) is 4.27. The van der Waals surface area contributed by atoms with E-state index in [0.29, 0.717) is 40.1 Å². The lowest BCUT2D eigenvalue weighted by atomic mass is 9.86. The lowest BCUT2D eigenvalue weighted by molar-refractivity contribution is 0.0943. The molecule has 2 unspecified atom stereocenters.